The second kappa shape index (κ2) is 11.0. The van der Waals surface area contributed by atoms with Crippen molar-refractivity contribution in [3.05, 3.63) is 23.9 Å². The average molecular weight is 501 g/mol. The molecule has 1 unspecified atom stereocenters. The summed E-state index contributed by atoms with van der Waals surface area (Å²) in [5, 5.41) is 3.70. The van der Waals surface area contributed by atoms with Crippen LogP contribution >= 0.6 is 0 Å². The number of hydrogen-bond acceptors (Lipinski definition) is 7. The van der Waals surface area contributed by atoms with Crippen LogP contribution < -0.4 is 10.2 Å². The Morgan fingerprint density at radius 1 is 1.26 bits per heavy atom. The second-order valence-electron chi connectivity index (χ2n) is 9.74. The van der Waals surface area contributed by atoms with Gasteiger partial charge < -0.3 is 29.3 Å². The highest BCUT2D eigenvalue weighted by Crippen LogP contribution is 2.41. The third-order valence-corrected chi connectivity index (χ3v) is 7.50. The molecule has 1 saturated carbocycles. The molecule has 11 heteroatoms. The maximum atomic E-state index is 13.7. The maximum Gasteiger partial charge on any atom is 0.416 e. The van der Waals surface area contributed by atoms with Crippen LogP contribution in [0.4, 0.5) is 19.0 Å². The van der Waals surface area contributed by atoms with Gasteiger partial charge in [0.05, 0.1) is 30.3 Å². The number of hydrogen-bond donors (Lipinski definition) is 1. The molecule has 35 heavy (non-hydrogen) atoms. The lowest BCUT2D eigenvalue weighted by molar-refractivity contribution is -0.145. The number of carbonyl (C=O) groups excluding carboxylic acids is 1. The molecule has 4 atom stereocenters. The summed E-state index contributed by atoms with van der Waals surface area (Å²) in [6.45, 7) is 3.34. The zero-order valence-electron chi connectivity index (χ0n) is 20.4. The highest BCUT2D eigenvalue weighted by Gasteiger charge is 2.48. The molecule has 1 amide bonds. The Balaban J connectivity index is 1.37. The van der Waals surface area contributed by atoms with Crippen molar-refractivity contribution in [3.8, 4) is 0 Å². The highest BCUT2D eigenvalue weighted by molar-refractivity contribution is 5.83. The molecule has 1 aliphatic carbocycles. The molecular formula is C24H35F3N4O4. The van der Waals surface area contributed by atoms with Crippen LogP contribution in [0.3, 0.4) is 0 Å². The van der Waals surface area contributed by atoms with Gasteiger partial charge in [0.2, 0.25) is 5.91 Å². The zero-order valence-corrected chi connectivity index (χ0v) is 20.4. The van der Waals surface area contributed by atoms with Crippen LogP contribution in [0.15, 0.2) is 18.3 Å². The van der Waals surface area contributed by atoms with E-state index in [0.717, 1.165) is 31.4 Å². The molecule has 1 N–H and O–H groups in total. The molecule has 2 aliphatic heterocycles. The molecule has 1 aromatic rings. The summed E-state index contributed by atoms with van der Waals surface area (Å²) in [6.07, 6.45) is -0.0848. The van der Waals surface area contributed by atoms with E-state index in [4.69, 9.17) is 14.2 Å². The zero-order chi connectivity index (χ0) is 25.1. The summed E-state index contributed by atoms with van der Waals surface area (Å²) in [5.74, 6) is 0.350. The number of methoxy groups -OCH3 is 2. The van der Waals surface area contributed by atoms with E-state index >= 15 is 0 Å². The summed E-state index contributed by atoms with van der Waals surface area (Å²) in [5.41, 5.74) is -1.32. The third kappa shape index (κ3) is 5.90. The van der Waals surface area contributed by atoms with Gasteiger partial charge in [-0.25, -0.2) is 4.98 Å². The number of amides is 1. The van der Waals surface area contributed by atoms with E-state index in [1.54, 1.807) is 19.1 Å². The average Bonchev–Trinajstić information content (AvgIpc) is 3.27. The Kier molecular flexibility index (Phi) is 8.19. The Hall–Kier alpha value is -1.95. The first-order valence-corrected chi connectivity index (χ1v) is 12.2. The van der Waals surface area contributed by atoms with Crippen molar-refractivity contribution in [1.82, 2.24) is 15.2 Å². The fraction of sp³-hybridized carbons (Fsp3) is 0.750. The number of alkyl halides is 3. The Bertz CT molecular complexity index is 865. The van der Waals surface area contributed by atoms with Gasteiger partial charge in [0.15, 0.2) is 0 Å². The first-order valence-electron chi connectivity index (χ1n) is 12.2. The predicted molar refractivity (Wildman–Crippen MR) is 123 cm³/mol. The molecule has 4 rings (SSSR count). The van der Waals surface area contributed by atoms with Gasteiger partial charge >= 0.3 is 6.18 Å². The van der Waals surface area contributed by atoms with E-state index in [9.17, 15) is 18.0 Å². The van der Waals surface area contributed by atoms with E-state index in [2.05, 4.69) is 10.3 Å². The van der Waals surface area contributed by atoms with Gasteiger partial charge in [0.25, 0.3) is 0 Å². The highest BCUT2D eigenvalue weighted by atomic mass is 19.4. The minimum atomic E-state index is -4.41. The minimum absolute atomic E-state index is 0.00517. The third-order valence-electron chi connectivity index (χ3n) is 7.50. The van der Waals surface area contributed by atoms with E-state index in [1.165, 1.54) is 6.20 Å². The van der Waals surface area contributed by atoms with Crippen LogP contribution in [0.2, 0.25) is 0 Å². The molecule has 196 valence electrons. The smallest absolute Gasteiger partial charge is 0.384 e. The number of nitrogens with one attached hydrogen (secondary N) is 1. The van der Waals surface area contributed by atoms with Crippen molar-refractivity contribution in [2.45, 2.75) is 50.0 Å². The lowest BCUT2D eigenvalue weighted by Crippen LogP contribution is -2.55. The maximum absolute atomic E-state index is 13.7. The van der Waals surface area contributed by atoms with Crippen LogP contribution in [0.5, 0.6) is 0 Å². The number of piperazine rings is 1. The van der Waals surface area contributed by atoms with Crippen molar-refractivity contribution >= 4 is 11.7 Å². The number of aromatic nitrogens is 1. The fourth-order valence-electron chi connectivity index (χ4n) is 5.61. The molecule has 3 fully saturated rings. The Morgan fingerprint density at radius 3 is 2.71 bits per heavy atom. The quantitative estimate of drug-likeness (QED) is 0.616. The number of nitrogens with zero attached hydrogens (tertiary/aromatic N) is 3. The van der Waals surface area contributed by atoms with Gasteiger partial charge in [0, 0.05) is 65.3 Å². The number of ether oxygens (including phenoxy) is 3. The summed E-state index contributed by atoms with van der Waals surface area (Å²) >= 11 is 0. The van der Waals surface area contributed by atoms with E-state index in [-0.39, 0.29) is 29.9 Å². The summed E-state index contributed by atoms with van der Waals surface area (Å²) in [6, 6.07) is 2.42. The minimum Gasteiger partial charge on any atom is -0.384 e. The fourth-order valence-corrected chi connectivity index (χ4v) is 5.61. The van der Waals surface area contributed by atoms with Gasteiger partial charge in [0.1, 0.15) is 5.82 Å². The lowest BCUT2D eigenvalue weighted by Gasteiger charge is -2.40. The monoisotopic (exact) mass is 500 g/mol. The van der Waals surface area contributed by atoms with Crippen LogP contribution in [-0.2, 0) is 25.2 Å². The van der Waals surface area contributed by atoms with Gasteiger partial charge in [-0.3, -0.25) is 4.79 Å². The van der Waals surface area contributed by atoms with Crippen molar-refractivity contribution in [2.75, 3.05) is 65.1 Å². The van der Waals surface area contributed by atoms with Crippen molar-refractivity contribution in [1.29, 1.82) is 0 Å². The van der Waals surface area contributed by atoms with Crippen molar-refractivity contribution < 1.29 is 32.2 Å². The first kappa shape index (κ1) is 26.1. The number of carbonyl (C=O) groups is 1. The molecule has 3 heterocycles. The van der Waals surface area contributed by atoms with Gasteiger partial charge in [-0.1, -0.05) is 0 Å². The number of anilines is 1. The number of halogens is 3. The van der Waals surface area contributed by atoms with Crippen molar-refractivity contribution in [2.24, 2.45) is 5.41 Å². The van der Waals surface area contributed by atoms with E-state index < -0.39 is 17.2 Å². The van der Waals surface area contributed by atoms with Crippen LogP contribution in [-0.4, -0.2) is 94.2 Å². The summed E-state index contributed by atoms with van der Waals surface area (Å²) < 4.78 is 55.8. The molecular weight excluding hydrogens is 465 g/mol. The molecule has 0 radical (unpaired) electrons. The Labute approximate surface area is 204 Å². The SMILES string of the molecule is COC[C@]1(C(=O)N2CCN(c3cc(C(F)(F)F)ccn3)CC2)CC[C@@H](N[C@@H]2CCOCC2OC)C1. The molecule has 2 saturated heterocycles. The standard InChI is InChI=1S/C24H35F3N4O4/c1-33-16-23(6-3-18(14-23)29-19-5-12-35-15-20(19)34-2)22(32)31-10-8-30(9-11-31)21-13-17(4-7-28-21)24(25,26)27/h4,7,13,18-20,29H,3,5-6,8-12,14-16H2,1-2H3/t18-,19-,20?,23+/m1/s1. The van der Waals surface area contributed by atoms with Gasteiger partial charge in [-0.2, -0.15) is 13.2 Å². The van der Waals surface area contributed by atoms with Crippen LogP contribution in [0.1, 0.15) is 31.2 Å². The number of pyridine rings is 1. The van der Waals surface area contributed by atoms with E-state index in [1.807, 2.05) is 4.90 Å². The second-order valence-corrected chi connectivity index (χ2v) is 9.74. The van der Waals surface area contributed by atoms with Gasteiger partial charge in [-0.15, -0.1) is 0 Å². The Morgan fingerprint density at radius 2 is 2.03 bits per heavy atom. The molecule has 3 aliphatic rings. The summed E-state index contributed by atoms with van der Waals surface area (Å²) in [7, 11) is 3.31. The first-order chi connectivity index (χ1) is 16.8. The molecule has 1 aromatic heterocycles. The lowest BCUT2D eigenvalue weighted by atomic mass is 9.84. The van der Waals surface area contributed by atoms with Crippen LogP contribution in [0, 0.1) is 5.41 Å². The molecule has 0 bridgehead atoms. The van der Waals surface area contributed by atoms with E-state index in [0.29, 0.717) is 52.4 Å². The topological polar surface area (TPSA) is 76.2 Å². The molecule has 8 nitrogen and oxygen atoms in total. The normalized spacial score (nSPS) is 30.0. The van der Waals surface area contributed by atoms with Crippen LogP contribution in [0.25, 0.3) is 0 Å². The largest absolute Gasteiger partial charge is 0.416 e. The molecule has 0 aromatic carbocycles. The predicted octanol–water partition coefficient (Wildman–Crippen LogP) is 2.33. The summed E-state index contributed by atoms with van der Waals surface area (Å²) in [4.78, 5) is 21.4. The van der Waals surface area contributed by atoms with Crippen molar-refractivity contribution in [3.63, 3.8) is 0 Å². The molecule has 0 spiro atoms. The number of rotatable bonds is 7. The van der Waals surface area contributed by atoms with Gasteiger partial charge in [-0.05, 0) is 37.8 Å².